The van der Waals surface area contributed by atoms with E-state index in [-0.39, 0.29) is 16.0 Å². The van der Waals surface area contributed by atoms with E-state index in [4.69, 9.17) is 27.6 Å². The van der Waals surface area contributed by atoms with Crippen LogP contribution >= 0.6 is 35.0 Å². The molecule has 3 rings (SSSR count). The van der Waals surface area contributed by atoms with Crippen LogP contribution in [0.25, 0.3) is 17.5 Å². The van der Waals surface area contributed by atoms with E-state index in [1.54, 1.807) is 48.5 Å². The average molecular weight is 392 g/mol. The van der Waals surface area contributed by atoms with Gasteiger partial charge in [-0.15, -0.1) is 10.2 Å². The maximum absolute atomic E-state index is 11.4. The van der Waals surface area contributed by atoms with Gasteiger partial charge in [0.1, 0.15) is 0 Å². The molecule has 126 valence electrons. The number of aromatic nitrogens is 2. The summed E-state index contributed by atoms with van der Waals surface area (Å²) in [7, 11) is 0. The number of aliphatic carboxylic acids is 1. The fourth-order valence-electron chi connectivity index (χ4n) is 1.89. The summed E-state index contributed by atoms with van der Waals surface area (Å²) in [6.07, 6.45) is 1.45. The fraction of sp³-hybridized carbons (Fsp3) is 0. The Hall–Kier alpha value is -2.28. The van der Waals surface area contributed by atoms with E-state index in [0.29, 0.717) is 21.2 Å². The first kappa shape index (κ1) is 17.5. The van der Waals surface area contributed by atoms with Gasteiger partial charge in [0.05, 0.1) is 5.97 Å². The lowest BCUT2D eigenvalue weighted by Crippen LogP contribution is -2.23. The summed E-state index contributed by atoms with van der Waals surface area (Å²) in [5, 5.41) is 20.4. The van der Waals surface area contributed by atoms with Gasteiger partial charge in [-0.1, -0.05) is 35.3 Å². The Labute approximate surface area is 157 Å². The Morgan fingerprint density at radius 3 is 2.20 bits per heavy atom. The molecule has 0 atom stereocenters. The zero-order valence-electron chi connectivity index (χ0n) is 12.5. The molecule has 0 saturated heterocycles. The number of hydrogen-bond acceptors (Lipinski definition) is 6. The average Bonchev–Trinajstić information content (AvgIpc) is 3.05. The minimum atomic E-state index is -1.34. The molecule has 0 N–H and O–H groups in total. The number of nitrogens with zero attached hydrogens (tertiary/aromatic N) is 2. The second-order valence-electron chi connectivity index (χ2n) is 4.83. The molecule has 25 heavy (non-hydrogen) atoms. The molecule has 1 heterocycles. The number of carboxylic acid groups (broad SMARTS) is 1. The smallest absolute Gasteiger partial charge is 0.281 e. The summed E-state index contributed by atoms with van der Waals surface area (Å²) in [4.78, 5) is 11.3. The lowest BCUT2D eigenvalue weighted by atomic mass is 10.2. The molecule has 0 aliphatic rings. The molecule has 0 saturated carbocycles. The molecule has 0 aliphatic carbocycles. The first-order chi connectivity index (χ1) is 12.0. The predicted molar refractivity (Wildman–Crippen MR) is 95.0 cm³/mol. The number of carboxylic acids is 1. The molecule has 0 bridgehead atoms. The number of carbonyl (C=O) groups is 1. The van der Waals surface area contributed by atoms with Crippen molar-refractivity contribution in [2.24, 2.45) is 0 Å². The Balaban J connectivity index is 1.82. The summed E-state index contributed by atoms with van der Waals surface area (Å²) >= 11 is 12.5. The molecule has 0 spiro atoms. The zero-order valence-corrected chi connectivity index (χ0v) is 14.8. The van der Waals surface area contributed by atoms with Gasteiger partial charge in [0.2, 0.25) is 5.89 Å². The SMILES string of the molecule is O=C([O-])/C(=C/c1ccc(Cl)cc1)Sc1nnc(-c2ccc(Cl)cc2)o1. The molecule has 0 fully saturated rings. The van der Waals surface area contributed by atoms with E-state index in [1.165, 1.54) is 6.08 Å². The summed E-state index contributed by atoms with van der Waals surface area (Å²) < 4.78 is 5.49. The van der Waals surface area contributed by atoms with Crippen molar-refractivity contribution >= 4 is 47.0 Å². The van der Waals surface area contributed by atoms with Crippen LogP contribution in [0.15, 0.2) is 63.1 Å². The monoisotopic (exact) mass is 391 g/mol. The summed E-state index contributed by atoms with van der Waals surface area (Å²) in [6, 6.07) is 13.6. The quantitative estimate of drug-likeness (QED) is 0.484. The lowest BCUT2D eigenvalue weighted by molar-refractivity contribution is -0.298. The standard InChI is InChI=1S/C17H10Cl2N2O3S/c18-12-5-1-10(2-6-12)9-14(16(22)23)25-17-21-20-15(24-17)11-3-7-13(19)8-4-11/h1-9H,(H,22,23)/p-1/b14-9-. The van der Waals surface area contributed by atoms with E-state index in [9.17, 15) is 9.90 Å². The molecular weight excluding hydrogens is 383 g/mol. The van der Waals surface area contributed by atoms with Crippen molar-refractivity contribution < 1.29 is 14.3 Å². The van der Waals surface area contributed by atoms with Gasteiger partial charge >= 0.3 is 0 Å². The molecule has 2 aromatic carbocycles. The molecule has 3 aromatic rings. The third-order valence-electron chi connectivity index (χ3n) is 3.06. The highest BCUT2D eigenvalue weighted by Crippen LogP contribution is 2.30. The van der Waals surface area contributed by atoms with Crippen molar-refractivity contribution in [3.63, 3.8) is 0 Å². The number of carbonyl (C=O) groups excluding carboxylic acids is 1. The first-order valence-corrected chi connectivity index (χ1v) is 8.54. The fourth-order valence-corrected chi connectivity index (χ4v) is 2.82. The molecule has 0 amide bonds. The molecule has 1 aromatic heterocycles. The van der Waals surface area contributed by atoms with Gasteiger partial charge in [-0.3, -0.25) is 0 Å². The van der Waals surface area contributed by atoms with Gasteiger partial charge in [0, 0.05) is 20.5 Å². The molecule has 5 nitrogen and oxygen atoms in total. The summed E-state index contributed by atoms with van der Waals surface area (Å²) in [6.45, 7) is 0. The minimum Gasteiger partial charge on any atom is -0.544 e. The maximum atomic E-state index is 11.4. The molecule has 0 unspecified atom stereocenters. The van der Waals surface area contributed by atoms with Gasteiger partial charge in [0.15, 0.2) is 0 Å². The Kier molecular flexibility index (Phi) is 5.43. The molecule has 0 aliphatic heterocycles. The van der Waals surface area contributed by atoms with Crippen LogP contribution in [-0.4, -0.2) is 16.2 Å². The normalized spacial score (nSPS) is 11.5. The van der Waals surface area contributed by atoms with E-state index >= 15 is 0 Å². The van der Waals surface area contributed by atoms with Crippen molar-refractivity contribution in [1.29, 1.82) is 0 Å². The van der Waals surface area contributed by atoms with Crippen LogP contribution < -0.4 is 5.11 Å². The van der Waals surface area contributed by atoms with Gasteiger partial charge < -0.3 is 14.3 Å². The van der Waals surface area contributed by atoms with Crippen molar-refractivity contribution in [2.45, 2.75) is 5.22 Å². The Bertz CT molecular complexity index is 922. The van der Waals surface area contributed by atoms with Crippen molar-refractivity contribution in [3.05, 3.63) is 69.0 Å². The van der Waals surface area contributed by atoms with Gasteiger partial charge in [0.25, 0.3) is 5.22 Å². The largest absolute Gasteiger partial charge is 0.544 e. The minimum absolute atomic E-state index is 0.0615. The lowest BCUT2D eigenvalue weighted by Gasteiger charge is -2.05. The first-order valence-electron chi connectivity index (χ1n) is 6.97. The van der Waals surface area contributed by atoms with Crippen LogP contribution in [0, 0.1) is 0 Å². The van der Waals surface area contributed by atoms with Gasteiger partial charge in [-0.05, 0) is 59.8 Å². The summed E-state index contributed by atoms with van der Waals surface area (Å²) in [5.41, 5.74) is 1.34. The number of benzene rings is 2. The van der Waals surface area contributed by atoms with Crippen LogP contribution in [0.1, 0.15) is 5.56 Å². The maximum Gasteiger partial charge on any atom is 0.281 e. The number of rotatable bonds is 5. The zero-order chi connectivity index (χ0) is 17.8. The highest BCUT2D eigenvalue weighted by Gasteiger charge is 2.12. The van der Waals surface area contributed by atoms with E-state index in [2.05, 4.69) is 10.2 Å². The number of thioether (sulfide) groups is 1. The van der Waals surface area contributed by atoms with Crippen LogP contribution in [0.5, 0.6) is 0 Å². The van der Waals surface area contributed by atoms with Crippen LogP contribution in [0.2, 0.25) is 10.0 Å². The Morgan fingerprint density at radius 1 is 1.00 bits per heavy atom. The number of halogens is 2. The van der Waals surface area contributed by atoms with Crippen molar-refractivity contribution in [3.8, 4) is 11.5 Å². The third kappa shape index (κ3) is 4.63. The van der Waals surface area contributed by atoms with E-state index in [1.807, 2.05) is 0 Å². The Morgan fingerprint density at radius 2 is 1.60 bits per heavy atom. The van der Waals surface area contributed by atoms with Gasteiger partial charge in [-0.2, -0.15) is 0 Å². The number of hydrogen-bond donors (Lipinski definition) is 0. The summed E-state index contributed by atoms with van der Waals surface area (Å²) in [5.74, 6) is -1.07. The molecular formula is C17H9Cl2N2O3S-. The molecule has 0 radical (unpaired) electrons. The second-order valence-corrected chi connectivity index (χ2v) is 6.70. The van der Waals surface area contributed by atoms with Crippen LogP contribution in [0.3, 0.4) is 0 Å². The van der Waals surface area contributed by atoms with Crippen molar-refractivity contribution in [2.75, 3.05) is 0 Å². The van der Waals surface area contributed by atoms with E-state index < -0.39 is 5.97 Å². The third-order valence-corrected chi connectivity index (χ3v) is 4.41. The highest BCUT2D eigenvalue weighted by molar-refractivity contribution is 8.03. The topological polar surface area (TPSA) is 79.0 Å². The molecule has 8 heteroatoms. The van der Waals surface area contributed by atoms with Crippen LogP contribution in [-0.2, 0) is 4.79 Å². The second kappa shape index (κ2) is 7.74. The van der Waals surface area contributed by atoms with Gasteiger partial charge in [-0.25, -0.2) is 0 Å². The van der Waals surface area contributed by atoms with Crippen molar-refractivity contribution in [1.82, 2.24) is 10.2 Å². The predicted octanol–water partition coefficient (Wildman–Crippen LogP) is 3.93. The van der Waals surface area contributed by atoms with Crippen LogP contribution in [0.4, 0.5) is 0 Å². The highest BCUT2D eigenvalue weighted by atomic mass is 35.5. The van der Waals surface area contributed by atoms with E-state index in [0.717, 1.165) is 11.8 Å².